The van der Waals surface area contributed by atoms with Crippen molar-refractivity contribution in [2.45, 2.75) is 46.7 Å². The fraction of sp³-hybridized carbons (Fsp3) is 0.529. The molecule has 1 heterocycles. The molecule has 0 spiro atoms. The minimum atomic E-state index is -0.359. The number of nitrogens with zero attached hydrogens (tertiary/aromatic N) is 2. The van der Waals surface area contributed by atoms with E-state index >= 15 is 0 Å². The highest BCUT2D eigenvalue weighted by atomic mass is 16.5. The normalized spacial score (nSPS) is 11.3. The zero-order valence-electron chi connectivity index (χ0n) is 14.6. The Morgan fingerprint density at radius 2 is 2.00 bits per heavy atom. The summed E-state index contributed by atoms with van der Waals surface area (Å²) in [4.78, 5) is 16.8. The molecular formula is C17H25N3O3. The van der Waals surface area contributed by atoms with Crippen LogP contribution in [0.1, 0.15) is 51.0 Å². The summed E-state index contributed by atoms with van der Waals surface area (Å²) in [5.41, 5.74) is 2.05. The maximum atomic E-state index is 12.1. The van der Waals surface area contributed by atoms with Crippen molar-refractivity contribution in [3.63, 3.8) is 0 Å². The summed E-state index contributed by atoms with van der Waals surface area (Å²) in [6.45, 7) is 10.4. The predicted octanol–water partition coefficient (Wildman–Crippen LogP) is 3.62. The number of rotatable bonds is 6. The number of anilines is 1. The first kappa shape index (κ1) is 17.1. The smallest absolute Gasteiger partial charge is 0.338 e. The number of nitrogens with one attached hydrogen (secondary N) is 1. The van der Waals surface area contributed by atoms with Crippen LogP contribution in [0, 0.1) is 0 Å². The number of carbonyl (C=O) groups excluding carboxylic acids is 1. The van der Waals surface area contributed by atoms with Gasteiger partial charge in [0.15, 0.2) is 0 Å². The molecular weight excluding hydrogens is 294 g/mol. The number of hydrogen-bond donors (Lipinski definition) is 1. The average molecular weight is 319 g/mol. The third-order valence-corrected chi connectivity index (χ3v) is 3.43. The predicted molar refractivity (Wildman–Crippen MR) is 91.4 cm³/mol. The molecule has 0 saturated carbocycles. The van der Waals surface area contributed by atoms with Crippen molar-refractivity contribution >= 4 is 23.0 Å². The second kappa shape index (κ2) is 6.89. The van der Waals surface area contributed by atoms with Gasteiger partial charge in [-0.15, -0.1) is 0 Å². The van der Waals surface area contributed by atoms with Gasteiger partial charge in [0, 0.05) is 12.1 Å². The lowest BCUT2D eigenvalue weighted by molar-refractivity contribution is 0.0526. The van der Waals surface area contributed by atoms with Gasteiger partial charge in [-0.25, -0.2) is 9.78 Å². The Morgan fingerprint density at radius 3 is 2.52 bits per heavy atom. The standard InChI is InChI=1S/C17H25N3O3/c1-7-23-16(21)12-8-13-15(14(9-12)22-6)19-17(18-10(2)3)20(13)11(4)5/h8-11H,7H2,1-6H3,(H,18,19). The zero-order chi connectivity index (χ0) is 17.1. The molecule has 6 nitrogen and oxygen atoms in total. The minimum absolute atomic E-state index is 0.184. The van der Waals surface area contributed by atoms with Crippen LogP contribution in [0.5, 0.6) is 5.75 Å². The molecule has 0 aliphatic rings. The van der Waals surface area contributed by atoms with Crippen LogP contribution in [-0.2, 0) is 4.74 Å². The van der Waals surface area contributed by atoms with E-state index in [4.69, 9.17) is 9.47 Å². The van der Waals surface area contributed by atoms with Crippen molar-refractivity contribution in [1.29, 1.82) is 0 Å². The summed E-state index contributed by atoms with van der Waals surface area (Å²) in [6, 6.07) is 3.93. The molecule has 2 rings (SSSR count). The van der Waals surface area contributed by atoms with Crippen molar-refractivity contribution in [2.75, 3.05) is 19.0 Å². The van der Waals surface area contributed by atoms with Gasteiger partial charge in [0.25, 0.3) is 0 Å². The summed E-state index contributed by atoms with van der Waals surface area (Å²) in [5, 5.41) is 3.35. The van der Waals surface area contributed by atoms with Gasteiger partial charge in [-0.3, -0.25) is 0 Å². The molecule has 1 aromatic carbocycles. The number of fused-ring (bicyclic) bond motifs is 1. The van der Waals surface area contributed by atoms with Gasteiger partial charge in [-0.2, -0.15) is 0 Å². The molecule has 126 valence electrons. The molecule has 6 heteroatoms. The SMILES string of the molecule is CCOC(=O)c1cc(OC)c2nc(NC(C)C)n(C(C)C)c2c1. The van der Waals surface area contributed by atoms with Crippen LogP contribution in [0.4, 0.5) is 5.95 Å². The molecule has 1 aromatic heterocycles. The van der Waals surface area contributed by atoms with Crippen LogP contribution in [0.3, 0.4) is 0 Å². The number of hydrogen-bond acceptors (Lipinski definition) is 5. The van der Waals surface area contributed by atoms with Gasteiger partial charge in [0.1, 0.15) is 11.3 Å². The lowest BCUT2D eigenvalue weighted by atomic mass is 10.1. The van der Waals surface area contributed by atoms with Crippen LogP contribution in [0.15, 0.2) is 12.1 Å². The number of imidazole rings is 1. The average Bonchev–Trinajstić information content (AvgIpc) is 2.83. The second-order valence-electron chi connectivity index (χ2n) is 5.96. The lowest BCUT2D eigenvalue weighted by Crippen LogP contribution is -2.15. The molecule has 0 aliphatic carbocycles. The molecule has 2 aromatic rings. The van der Waals surface area contributed by atoms with E-state index in [9.17, 15) is 4.79 Å². The molecule has 0 fully saturated rings. The number of ether oxygens (including phenoxy) is 2. The third-order valence-electron chi connectivity index (χ3n) is 3.43. The highest BCUT2D eigenvalue weighted by molar-refractivity contribution is 5.97. The van der Waals surface area contributed by atoms with Crippen molar-refractivity contribution < 1.29 is 14.3 Å². The zero-order valence-corrected chi connectivity index (χ0v) is 14.6. The second-order valence-corrected chi connectivity index (χ2v) is 5.96. The molecule has 0 aliphatic heterocycles. The Bertz CT molecular complexity index is 705. The Kier molecular flexibility index (Phi) is 5.13. The number of carbonyl (C=O) groups is 1. The van der Waals surface area contributed by atoms with Gasteiger partial charge in [0.05, 0.1) is 24.8 Å². The lowest BCUT2D eigenvalue weighted by Gasteiger charge is -2.16. The first-order valence-corrected chi connectivity index (χ1v) is 7.92. The van der Waals surface area contributed by atoms with E-state index in [-0.39, 0.29) is 18.1 Å². The Labute approximate surface area is 136 Å². The van der Waals surface area contributed by atoms with Crippen LogP contribution < -0.4 is 10.1 Å². The maximum absolute atomic E-state index is 12.1. The monoisotopic (exact) mass is 319 g/mol. The number of esters is 1. The maximum Gasteiger partial charge on any atom is 0.338 e. The Hall–Kier alpha value is -2.24. The molecule has 0 saturated heterocycles. The molecule has 0 unspecified atom stereocenters. The van der Waals surface area contributed by atoms with E-state index < -0.39 is 0 Å². The number of methoxy groups -OCH3 is 1. The number of benzene rings is 1. The molecule has 0 radical (unpaired) electrons. The summed E-state index contributed by atoms with van der Waals surface area (Å²) >= 11 is 0. The number of aromatic nitrogens is 2. The van der Waals surface area contributed by atoms with Gasteiger partial charge in [-0.05, 0) is 46.8 Å². The quantitative estimate of drug-likeness (QED) is 0.824. The van der Waals surface area contributed by atoms with Gasteiger partial charge >= 0.3 is 5.97 Å². The van der Waals surface area contributed by atoms with Gasteiger partial charge in [-0.1, -0.05) is 0 Å². The fourth-order valence-electron chi connectivity index (χ4n) is 2.53. The van der Waals surface area contributed by atoms with E-state index in [0.717, 1.165) is 17.0 Å². The van der Waals surface area contributed by atoms with Crippen molar-refractivity contribution in [2.24, 2.45) is 0 Å². The van der Waals surface area contributed by atoms with Crippen molar-refractivity contribution in [3.8, 4) is 5.75 Å². The summed E-state index contributed by atoms with van der Waals surface area (Å²) in [5.74, 6) is 0.976. The third kappa shape index (κ3) is 3.41. The van der Waals surface area contributed by atoms with Crippen LogP contribution >= 0.6 is 0 Å². The largest absolute Gasteiger partial charge is 0.494 e. The molecule has 23 heavy (non-hydrogen) atoms. The van der Waals surface area contributed by atoms with E-state index in [1.54, 1.807) is 20.1 Å². The van der Waals surface area contributed by atoms with Crippen molar-refractivity contribution in [1.82, 2.24) is 9.55 Å². The Morgan fingerprint density at radius 1 is 1.30 bits per heavy atom. The van der Waals surface area contributed by atoms with Crippen LogP contribution in [0.2, 0.25) is 0 Å². The summed E-state index contributed by atoms with van der Waals surface area (Å²) in [7, 11) is 1.58. The van der Waals surface area contributed by atoms with E-state index in [2.05, 4.69) is 42.6 Å². The van der Waals surface area contributed by atoms with Gasteiger partial charge in [0.2, 0.25) is 5.95 Å². The van der Waals surface area contributed by atoms with Crippen molar-refractivity contribution in [3.05, 3.63) is 17.7 Å². The minimum Gasteiger partial charge on any atom is -0.494 e. The molecule has 1 N–H and O–H groups in total. The topological polar surface area (TPSA) is 65.4 Å². The summed E-state index contributed by atoms with van der Waals surface area (Å²) < 4.78 is 12.6. The van der Waals surface area contributed by atoms with E-state index in [0.29, 0.717) is 17.9 Å². The fourth-order valence-corrected chi connectivity index (χ4v) is 2.53. The van der Waals surface area contributed by atoms with E-state index in [1.807, 2.05) is 6.07 Å². The van der Waals surface area contributed by atoms with Crippen LogP contribution in [-0.4, -0.2) is 35.3 Å². The highest BCUT2D eigenvalue weighted by Crippen LogP contribution is 2.32. The summed E-state index contributed by atoms with van der Waals surface area (Å²) in [6.07, 6.45) is 0. The van der Waals surface area contributed by atoms with Gasteiger partial charge < -0.3 is 19.4 Å². The Balaban J connectivity index is 2.69. The highest BCUT2D eigenvalue weighted by Gasteiger charge is 2.20. The van der Waals surface area contributed by atoms with E-state index in [1.165, 1.54) is 0 Å². The molecule has 0 amide bonds. The molecule has 0 bridgehead atoms. The molecule has 0 atom stereocenters. The first-order chi connectivity index (χ1) is 10.9. The first-order valence-electron chi connectivity index (χ1n) is 7.92. The van der Waals surface area contributed by atoms with Crippen LogP contribution in [0.25, 0.3) is 11.0 Å².